The Morgan fingerprint density at radius 1 is 1.11 bits per heavy atom. The van der Waals surface area contributed by atoms with Gasteiger partial charge in [-0.25, -0.2) is 4.79 Å². The van der Waals surface area contributed by atoms with Crippen molar-refractivity contribution in [3.63, 3.8) is 0 Å². The number of para-hydroxylation sites is 2. The molecule has 0 aromatic heterocycles. The first kappa shape index (κ1) is 18.2. The van der Waals surface area contributed by atoms with Gasteiger partial charge < -0.3 is 20.2 Å². The summed E-state index contributed by atoms with van der Waals surface area (Å²) < 4.78 is 0. The summed E-state index contributed by atoms with van der Waals surface area (Å²) in [6.45, 7) is 2.64. The molecule has 0 radical (unpaired) electrons. The normalized spacial score (nSPS) is 18.6. The van der Waals surface area contributed by atoms with E-state index in [-0.39, 0.29) is 12.1 Å². The van der Waals surface area contributed by atoms with Crippen molar-refractivity contribution in [1.82, 2.24) is 10.2 Å². The Labute approximate surface area is 164 Å². The third-order valence-electron chi connectivity index (χ3n) is 5.05. The molecule has 2 aromatic carbocycles. The molecule has 0 aliphatic carbocycles. The summed E-state index contributed by atoms with van der Waals surface area (Å²) in [6, 6.07) is 16.9. The first-order valence-corrected chi connectivity index (χ1v) is 10.4. The highest BCUT2D eigenvalue weighted by molar-refractivity contribution is 7.99. The average Bonchev–Trinajstić information content (AvgIpc) is 2.70. The SMILES string of the molecule is O=C(NCCCN1c2ccccc2Sc2ccccc21)N1CCC[C@H](O)C1. The molecule has 2 aliphatic rings. The van der Waals surface area contributed by atoms with Crippen LogP contribution in [0.4, 0.5) is 16.2 Å². The Morgan fingerprint density at radius 3 is 2.44 bits per heavy atom. The van der Waals surface area contributed by atoms with Gasteiger partial charge in [0.25, 0.3) is 0 Å². The van der Waals surface area contributed by atoms with E-state index in [1.54, 1.807) is 4.90 Å². The molecule has 4 rings (SSSR count). The average molecular weight is 384 g/mol. The minimum absolute atomic E-state index is 0.0660. The number of hydrogen-bond donors (Lipinski definition) is 2. The van der Waals surface area contributed by atoms with Crippen LogP contribution in [0, 0.1) is 0 Å². The zero-order chi connectivity index (χ0) is 18.6. The zero-order valence-corrected chi connectivity index (χ0v) is 16.1. The number of benzene rings is 2. The van der Waals surface area contributed by atoms with Crippen molar-refractivity contribution in [2.75, 3.05) is 31.1 Å². The lowest BCUT2D eigenvalue weighted by atomic mass is 10.1. The summed E-state index contributed by atoms with van der Waals surface area (Å²) in [4.78, 5) is 18.9. The molecule has 0 saturated carbocycles. The summed E-state index contributed by atoms with van der Waals surface area (Å²) in [5.74, 6) is 0. The number of nitrogens with one attached hydrogen (secondary N) is 1. The van der Waals surface area contributed by atoms with Gasteiger partial charge in [0.15, 0.2) is 0 Å². The molecular weight excluding hydrogens is 358 g/mol. The molecule has 1 saturated heterocycles. The smallest absolute Gasteiger partial charge is 0.317 e. The highest BCUT2D eigenvalue weighted by atomic mass is 32.2. The molecule has 1 fully saturated rings. The largest absolute Gasteiger partial charge is 0.391 e. The van der Waals surface area contributed by atoms with Crippen molar-refractivity contribution in [2.45, 2.75) is 35.2 Å². The van der Waals surface area contributed by atoms with E-state index in [1.807, 2.05) is 11.8 Å². The van der Waals surface area contributed by atoms with E-state index >= 15 is 0 Å². The molecule has 142 valence electrons. The molecule has 2 heterocycles. The minimum Gasteiger partial charge on any atom is -0.391 e. The Morgan fingerprint density at radius 2 is 1.78 bits per heavy atom. The van der Waals surface area contributed by atoms with Gasteiger partial charge in [-0.1, -0.05) is 36.0 Å². The van der Waals surface area contributed by atoms with Crippen LogP contribution in [0.2, 0.25) is 0 Å². The number of β-amino-alcohol motifs (C(OH)–C–C–N with tert-alkyl or cyclic N) is 1. The van der Waals surface area contributed by atoms with Gasteiger partial charge in [-0.05, 0) is 43.5 Å². The molecule has 2 N–H and O–H groups in total. The van der Waals surface area contributed by atoms with Gasteiger partial charge in [-0.3, -0.25) is 0 Å². The van der Waals surface area contributed by atoms with Crippen LogP contribution >= 0.6 is 11.8 Å². The Bertz CT molecular complexity index is 768. The number of likely N-dealkylation sites (tertiary alicyclic amines) is 1. The third-order valence-corrected chi connectivity index (χ3v) is 6.18. The quantitative estimate of drug-likeness (QED) is 0.788. The molecule has 0 spiro atoms. The highest BCUT2D eigenvalue weighted by Crippen LogP contribution is 2.47. The molecule has 2 amide bonds. The predicted molar refractivity (Wildman–Crippen MR) is 109 cm³/mol. The summed E-state index contributed by atoms with van der Waals surface area (Å²) in [5.41, 5.74) is 2.46. The number of amides is 2. The van der Waals surface area contributed by atoms with Gasteiger partial charge in [0.1, 0.15) is 0 Å². The number of aliphatic hydroxyl groups is 1. The van der Waals surface area contributed by atoms with E-state index in [9.17, 15) is 9.90 Å². The van der Waals surface area contributed by atoms with Crippen LogP contribution in [0.3, 0.4) is 0 Å². The maximum Gasteiger partial charge on any atom is 0.317 e. The van der Waals surface area contributed by atoms with Gasteiger partial charge in [0.2, 0.25) is 0 Å². The molecule has 2 aromatic rings. The monoisotopic (exact) mass is 383 g/mol. The fraction of sp³-hybridized carbons (Fsp3) is 0.381. The van der Waals surface area contributed by atoms with E-state index in [0.717, 1.165) is 32.4 Å². The van der Waals surface area contributed by atoms with Crippen LogP contribution in [-0.4, -0.2) is 48.3 Å². The predicted octanol–water partition coefficient (Wildman–Crippen LogP) is 3.85. The first-order valence-electron chi connectivity index (χ1n) is 9.56. The molecule has 27 heavy (non-hydrogen) atoms. The van der Waals surface area contributed by atoms with Crippen LogP contribution in [0.25, 0.3) is 0 Å². The van der Waals surface area contributed by atoms with Crippen LogP contribution < -0.4 is 10.2 Å². The van der Waals surface area contributed by atoms with Gasteiger partial charge >= 0.3 is 6.03 Å². The lowest BCUT2D eigenvalue weighted by Gasteiger charge is -2.33. The van der Waals surface area contributed by atoms with Crippen LogP contribution in [0.5, 0.6) is 0 Å². The number of aliphatic hydroxyl groups excluding tert-OH is 1. The molecule has 6 heteroatoms. The van der Waals surface area contributed by atoms with Crippen LogP contribution in [-0.2, 0) is 0 Å². The van der Waals surface area contributed by atoms with E-state index in [1.165, 1.54) is 21.2 Å². The number of hydrogen-bond acceptors (Lipinski definition) is 4. The maximum atomic E-state index is 12.3. The standard InChI is InChI=1S/C21H25N3O2S/c25-16-7-5-13-23(15-16)21(26)22-12-6-14-24-17-8-1-3-10-19(17)27-20-11-4-2-9-18(20)24/h1-4,8-11,16,25H,5-7,12-15H2,(H,22,26)/t16-/m0/s1. The van der Waals surface area contributed by atoms with E-state index in [4.69, 9.17) is 0 Å². The summed E-state index contributed by atoms with van der Waals surface area (Å²) >= 11 is 1.81. The fourth-order valence-electron chi connectivity index (χ4n) is 3.71. The van der Waals surface area contributed by atoms with E-state index in [0.29, 0.717) is 13.1 Å². The van der Waals surface area contributed by atoms with Crippen molar-refractivity contribution in [3.05, 3.63) is 48.5 Å². The number of piperidine rings is 1. The number of urea groups is 1. The van der Waals surface area contributed by atoms with Gasteiger partial charge in [0.05, 0.1) is 17.5 Å². The van der Waals surface area contributed by atoms with Gasteiger partial charge in [0, 0.05) is 36.0 Å². The number of rotatable bonds is 4. The third kappa shape index (κ3) is 4.06. The highest BCUT2D eigenvalue weighted by Gasteiger charge is 2.23. The minimum atomic E-state index is -0.386. The lowest BCUT2D eigenvalue weighted by Crippen LogP contribution is -2.47. The second kappa shape index (κ2) is 8.23. The van der Waals surface area contributed by atoms with Crippen molar-refractivity contribution in [3.8, 4) is 0 Å². The maximum absolute atomic E-state index is 12.3. The summed E-state index contributed by atoms with van der Waals surface area (Å²) in [6.07, 6.45) is 2.13. The second-order valence-corrected chi connectivity index (χ2v) is 8.10. The van der Waals surface area contributed by atoms with Crippen molar-refractivity contribution in [1.29, 1.82) is 0 Å². The van der Waals surface area contributed by atoms with Crippen molar-refractivity contribution in [2.24, 2.45) is 0 Å². The molecule has 1 atom stereocenters. The summed E-state index contributed by atoms with van der Waals surface area (Å²) in [7, 11) is 0. The van der Waals surface area contributed by atoms with Crippen molar-refractivity contribution >= 4 is 29.2 Å². The van der Waals surface area contributed by atoms with Crippen LogP contribution in [0.1, 0.15) is 19.3 Å². The van der Waals surface area contributed by atoms with Gasteiger partial charge in [-0.2, -0.15) is 0 Å². The van der Waals surface area contributed by atoms with E-state index in [2.05, 4.69) is 58.7 Å². The molecule has 0 bridgehead atoms. The molecule has 0 unspecified atom stereocenters. The second-order valence-electron chi connectivity index (χ2n) is 7.02. The number of fused-ring (bicyclic) bond motifs is 2. The van der Waals surface area contributed by atoms with Crippen molar-refractivity contribution < 1.29 is 9.90 Å². The molecule has 5 nitrogen and oxygen atoms in total. The number of anilines is 2. The topological polar surface area (TPSA) is 55.8 Å². The lowest BCUT2D eigenvalue weighted by molar-refractivity contribution is 0.0843. The Hall–Kier alpha value is -2.18. The Balaban J connectivity index is 1.36. The van der Waals surface area contributed by atoms with Crippen LogP contribution in [0.15, 0.2) is 58.3 Å². The van der Waals surface area contributed by atoms with E-state index < -0.39 is 0 Å². The number of carbonyl (C=O) groups is 1. The number of nitrogens with zero attached hydrogens (tertiary/aromatic N) is 2. The molecular formula is C21H25N3O2S. The fourth-order valence-corrected chi connectivity index (χ4v) is 4.80. The van der Waals surface area contributed by atoms with Gasteiger partial charge in [-0.15, -0.1) is 0 Å². The first-order chi connectivity index (χ1) is 13.2. The molecule has 2 aliphatic heterocycles. The summed E-state index contributed by atoms with van der Waals surface area (Å²) in [5, 5.41) is 12.7. The zero-order valence-electron chi connectivity index (χ0n) is 15.3. The number of carbonyl (C=O) groups excluding carboxylic acids is 1. The Kier molecular flexibility index (Phi) is 5.55.